The third-order valence-corrected chi connectivity index (χ3v) is 4.01. The van der Waals surface area contributed by atoms with E-state index in [0.29, 0.717) is 6.42 Å². The zero-order chi connectivity index (χ0) is 18.7. The number of aryl methyl sites for hydroxylation is 1. The van der Waals surface area contributed by atoms with Crippen molar-refractivity contribution >= 4 is 22.6 Å². The number of benzene rings is 1. The molecule has 8 heteroatoms. The van der Waals surface area contributed by atoms with E-state index < -0.39 is 22.7 Å². The molecule has 0 bridgehead atoms. The second-order valence-electron chi connectivity index (χ2n) is 5.80. The van der Waals surface area contributed by atoms with Gasteiger partial charge in [0.1, 0.15) is 5.84 Å². The van der Waals surface area contributed by atoms with Crippen LogP contribution in [-0.2, 0) is 15.6 Å². The summed E-state index contributed by atoms with van der Waals surface area (Å²) in [6, 6.07) is 7.73. The Kier molecular flexibility index (Phi) is 10.4. The monoisotopic (exact) mass is 354 g/mol. The van der Waals surface area contributed by atoms with Crippen molar-refractivity contribution in [3.05, 3.63) is 29.8 Å². The number of carboxylic acids is 1. The Labute approximate surface area is 145 Å². The molecule has 1 rings (SSSR count). The van der Waals surface area contributed by atoms with E-state index in [4.69, 9.17) is 16.4 Å². The lowest BCUT2D eigenvalue weighted by Crippen LogP contribution is -2.18. The maximum absolute atomic E-state index is 10.9. The van der Waals surface area contributed by atoms with E-state index >= 15 is 0 Å². The standard InChI is InChI=1S/C8H16N4O2.C8H10OS/c1-5(2)3-6(8(13)14)4-7(9)11-12-10;1-7-3-5-8(6-4-7)10(2)9/h5-6H,3-4H2,1-2H3,(H,13,14)(H3,9,10,11);3-6H,1-2H3. The van der Waals surface area contributed by atoms with E-state index in [1.165, 1.54) is 5.56 Å². The summed E-state index contributed by atoms with van der Waals surface area (Å²) in [5.74, 6) is 3.45. The molecule has 7 nitrogen and oxygen atoms in total. The second kappa shape index (κ2) is 11.4. The first kappa shape index (κ1) is 21.9. The highest BCUT2D eigenvalue weighted by molar-refractivity contribution is 7.84. The first-order valence-corrected chi connectivity index (χ1v) is 9.04. The largest absolute Gasteiger partial charge is 0.481 e. The molecule has 1 aromatic rings. The molecular formula is C16H26N4O3S. The van der Waals surface area contributed by atoms with E-state index in [2.05, 4.69) is 10.3 Å². The smallest absolute Gasteiger partial charge is 0.306 e. The molecule has 0 amide bonds. The average Bonchev–Trinajstić information content (AvgIpc) is 2.47. The van der Waals surface area contributed by atoms with Gasteiger partial charge in [-0.25, -0.2) is 0 Å². The highest BCUT2D eigenvalue weighted by Crippen LogP contribution is 2.16. The Hall–Kier alpha value is -2.09. The summed E-state index contributed by atoms with van der Waals surface area (Å²) in [6.07, 6.45) is 2.29. The molecule has 0 saturated heterocycles. The van der Waals surface area contributed by atoms with Crippen LogP contribution in [0.4, 0.5) is 0 Å². The van der Waals surface area contributed by atoms with Gasteiger partial charge in [0.05, 0.1) is 5.92 Å². The molecule has 0 aliphatic heterocycles. The predicted molar refractivity (Wildman–Crippen MR) is 95.5 cm³/mol. The van der Waals surface area contributed by atoms with Crippen LogP contribution in [0.25, 0.3) is 0 Å². The van der Waals surface area contributed by atoms with Crippen molar-refractivity contribution in [2.24, 2.45) is 28.0 Å². The molecule has 0 aliphatic rings. The minimum absolute atomic E-state index is 0.0776. The molecule has 0 heterocycles. The van der Waals surface area contributed by atoms with Crippen LogP contribution in [0.15, 0.2) is 39.5 Å². The van der Waals surface area contributed by atoms with Crippen molar-refractivity contribution in [3.8, 4) is 0 Å². The minimum atomic E-state index is -0.907. The maximum atomic E-state index is 10.9. The lowest BCUT2D eigenvalue weighted by Gasteiger charge is -2.12. The fourth-order valence-corrected chi connectivity index (χ4v) is 2.43. The van der Waals surface area contributed by atoms with Gasteiger partial charge in [-0.1, -0.05) is 36.8 Å². The molecule has 134 valence electrons. The molecule has 0 fully saturated rings. The number of carbonyl (C=O) groups is 1. The Morgan fingerprint density at radius 3 is 2.25 bits per heavy atom. The molecule has 2 atom stereocenters. The minimum Gasteiger partial charge on any atom is -0.481 e. The molecule has 0 aliphatic carbocycles. The molecule has 24 heavy (non-hydrogen) atoms. The van der Waals surface area contributed by atoms with Gasteiger partial charge in [0.2, 0.25) is 0 Å². The van der Waals surface area contributed by atoms with Crippen LogP contribution in [0.1, 0.15) is 32.3 Å². The van der Waals surface area contributed by atoms with Gasteiger partial charge in [0, 0.05) is 28.4 Å². The van der Waals surface area contributed by atoms with E-state index in [0.717, 1.165) is 4.90 Å². The Morgan fingerprint density at radius 2 is 1.88 bits per heavy atom. The number of hydrogen-bond acceptors (Lipinski definition) is 4. The van der Waals surface area contributed by atoms with Gasteiger partial charge in [-0.15, -0.1) is 5.11 Å². The zero-order valence-corrected chi connectivity index (χ0v) is 15.3. The Balaban J connectivity index is 0.000000463. The number of amidine groups is 1. The fourth-order valence-electron chi connectivity index (χ4n) is 1.91. The van der Waals surface area contributed by atoms with Gasteiger partial charge in [-0.2, -0.15) is 0 Å². The predicted octanol–water partition coefficient (Wildman–Crippen LogP) is 3.16. The van der Waals surface area contributed by atoms with Crippen LogP contribution >= 0.6 is 0 Å². The van der Waals surface area contributed by atoms with E-state index in [-0.39, 0.29) is 18.2 Å². The molecule has 0 aromatic heterocycles. The highest BCUT2D eigenvalue weighted by Gasteiger charge is 2.20. The number of rotatable bonds is 6. The van der Waals surface area contributed by atoms with Crippen LogP contribution in [0.3, 0.4) is 0 Å². The summed E-state index contributed by atoms with van der Waals surface area (Å²) < 4.78 is 10.9. The Morgan fingerprint density at radius 1 is 1.33 bits per heavy atom. The topological polar surface area (TPSA) is 129 Å². The maximum Gasteiger partial charge on any atom is 0.306 e. The molecular weight excluding hydrogens is 328 g/mol. The van der Waals surface area contributed by atoms with Crippen LogP contribution in [0.2, 0.25) is 0 Å². The third-order valence-electron chi connectivity index (χ3n) is 3.08. The first-order chi connectivity index (χ1) is 11.2. The number of hydrogen-bond donors (Lipinski definition) is 3. The third kappa shape index (κ3) is 9.83. The van der Waals surface area contributed by atoms with Crippen LogP contribution < -0.4 is 5.84 Å². The van der Waals surface area contributed by atoms with E-state index in [9.17, 15) is 9.00 Å². The number of carboxylic acid groups (broad SMARTS) is 1. The van der Waals surface area contributed by atoms with Gasteiger partial charge in [0.25, 0.3) is 0 Å². The normalized spacial score (nSPS) is 13.2. The van der Waals surface area contributed by atoms with Crippen LogP contribution in [0, 0.1) is 24.2 Å². The van der Waals surface area contributed by atoms with Crippen molar-refractivity contribution in [3.63, 3.8) is 0 Å². The van der Waals surface area contributed by atoms with E-state index in [1.807, 2.05) is 45.0 Å². The summed E-state index contributed by atoms with van der Waals surface area (Å²) in [4.78, 5) is 11.7. The lowest BCUT2D eigenvalue weighted by molar-refractivity contribution is -0.142. The quantitative estimate of drug-likeness (QED) is 0.238. The van der Waals surface area contributed by atoms with Crippen LogP contribution in [0.5, 0.6) is 0 Å². The molecule has 0 spiro atoms. The van der Waals surface area contributed by atoms with Gasteiger partial charge in [-0.3, -0.25) is 14.4 Å². The van der Waals surface area contributed by atoms with Gasteiger partial charge < -0.3 is 10.9 Å². The number of nitrogens with zero attached hydrogens (tertiary/aromatic N) is 2. The summed E-state index contributed by atoms with van der Waals surface area (Å²) in [7, 11) is -0.837. The lowest BCUT2D eigenvalue weighted by atomic mass is 9.94. The number of nitrogens with one attached hydrogen (secondary N) is 1. The van der Waals surface area contributed by atoms with Crippen molar-refractivity contribution in [1.82, 2.24) is 0 Å². The summed E-state index contributed by atoms with van der Waals surface area (Å²) in [5, 5.41) is 22.3. The molecule has 0 saturated carbocycles. The fraction of sp³-hybridized carbons (Fsp3) is 0.500. The van der Waals surface area contributed by atoms with E-state index in [1.54, 1.807) is 6.26 Å². The SMILES string of the molecule is CC(C)CC(CC(=N)N=NN)C(=O)O.Cc1ccc(S(C)=O)cc1. The van der Waals surface area contributed by atoms with Crippen molar-refractivity contribution in [2.75, 3.05) is 6.26 Å². The zero-order valence-electron chi connectivity index (χ0n) is 14.5. The summed E-state index contributed by atoms with van der Waals surface area (Å²) in [5.41, 5.74) is 1.20. The average molecular weight is 354 g/mol. The molecule has 1 aromatic carbocycles. The molecule has 2 unspecified atom stereocenters. The summed E-state index contributed by atoms with van der Waals surface area (Å²) >= 11 is 0. The van der Waals surface area contributed by atoms with Gasteiger partial charge in [0.15, 0.2) is 0 Å². The second-order valence-corrected chi connectivity index (χ2v) is 7.18. The molecule has 0 radical (unpaired) electrons. The van der Waals surface area contributed by atoms with Crippen molar-refractivity contribution in [1.29, 1.82) is 5.41 Å². The number of aliphatic carboxylic acids is 1. The molecule has 4 N–H and O–H groups in total. The van der Waals surface area contributed by atoms with Gasteiger partial charge in [-0.05, 0) is 31.4 Å². The van der Waals surface area contributed by atoms with Gasteiger partial charge >= 0.3 is 5.97 Å². The Bertz CT molecular complexity index is 585. The highest BCUT2D eigenvalue weighted by atomic mass is 32.2. The van der Waals surface area contributed by atoms with Crippen molar-refractivity contribution in [2.45, 2.75) is 38.5 Å². The first-order valence-electron chi connectivity index (χ1n) is 7.48. The summed E-state index contributed by atoms with van der Waals surface area (Å²) in [6.45, 7) is 5.89. The number of nitrogens with two attached hydrogens (primary N) is 1. The van der Waals surface area contributed by atoms with Crippen LogP contribution in [-0.4, -0.2) is 27.4 Å². The van der Waals surface area contributed by atoms with Crippen molar-refractivity contribution < 1.29 is 14.1 Å².